The lowest BCUT2D eigenvalue weighted by Crippen LogP contribution is -2.16. The van der Waals surface area contributed by atoms with Gasteiger partial charge in [0.25, 0.3) is 0 Å². The number of benzene rings is 1. The van der Waals surface area contributed by atoms with E-state index >= 15 is 0 Å². The number of rotatable bonds is 4. The lowest BCUT2D eigenvalue weighted by atomic mass is 9.90. The van der Waals surface area contributed by atoms with E-state index in [9.17, 15) is 9.90 Å². The van der Waals surface area contributed by atoms with Gasteiger partial charge in [0.2, 0.25) is 0 Å². The van der Waals surface area contributed by atoms with E-state index < -0.39 is 0 Å². The Balaban J connectivity index is 2.96. The Hall–Kier alpha value is -1.51. The number of hydrogen-bond donors (Lipinski definition) is 1. The second-order valence-electron chi connectivity index (χ2n) is 4.30. The predicted octanol–water partition coefficient (Wildman–Crippen LogP) is 2.69. The third-order valence-electron chi connectivity index (χ3n) is 2.47. The maximum Gasteiger partial charge on any atom is 0.313 e. The van der Waals surface area contributed by atoms with Crippen LogP contribution in [0.3, 0.4) is 0 Å². The second-order valence-corrected chi connectivity index (χ2v) is 4.30. The van der Waals surface area contributed by atoms with Crippen LogP contribution >= 0.6 is 0 Å². The fourth-order valence-electron chi connectivity index (χ4n) is 1.72. The number of methoxy groups -OCH3 is 1. The number of hydrogen-bond acceptors (Lipinski definition) is 3. The minimum Gasteiger partial charge on any atom is -0.508 e. The van der Waals surface area contributed by atoms with Crippen LogP contribution in [0.5, 0.6) is 5.75 Å². The fourth-order valence-corrected chi connectivity index (χ4v) is 1.72. The van der Waals surface area contributed by atoms with Crippen molar-refractivity contribution in [2.75, 3.05) is 7.11 Å². The van der Waals surface area contributed by atoms with Gasteiger partial charge >= 0.3 is 5.97 Å². The summed E-state index contributed by atoms with van der Waals surface area (Å²) in [5, 5.41) is 9.40. The summed E-state index contributed by atoms with van der Waals surface area (Å²) in [6.45, 7) is 4.11. The van der Waals surface area contributed by atoms with Crippen molar-refractivity contribution in [3.8, 4) is 5.75 Å². The van der Waals surface area contributed by atoms with Crippen molar-refractivity contribution in [3.05, 3.63) is 29.8 Å². The van der Waals surface area contributed by atoms with Gasteiger partial charge < -0.3 is 9.84 Å². The lowest BCUT2D eigenvalue weighted by Gasteiger charge is -2.17. The molecule has 0 amide bonds. The molecule has 0 saturated heterocycles. The molecule has 0 aliphatic carbocycles. The number of phenolic OH excluding ortho intramolecular Hbond substituents is 1. The number of carbonyl (C=O) groups excluding carboxylic acids is 1. The molecule has 0 aliphatic rings. The largest absolute Gasteiger partial charge is 0.508 e. The topological polar surface area (TPSA) is 46.5 Å². The van der Waals surface area contributed by atoms with Crippen molar-refractivity contribution in [2.45, 2.75) is 26.2 Å². The van der Waals surface area contributed by atoms with E-state index in [1.54, 1.807) is 18.2 Å². The highest BCUT2D eigenvalue weighted by molar-refractivity contribution is 5.78. The normalized spacial score (nSPS) is 12.5. The van der Waals surface area contributed by atoms with Crippen LogP contribution in [0.15, 0.2) is 24.3 Å². The quantitative estimate of drug-likeness (QED) is 0.797. The molecule has 0 aliphatic heterocycles. The molecule has 16 heavy (non-hydrogen) atoms. The first-order chi connectivity index (χ1) is 7.54. The number of esters is 1. The maximum atomic E-state index is 11.7. The Morgan fingerprint density at radius 1 is 1.44 bits per heavy atom. The Labute approximate surface area is 96.1 Å². The Kier molecular flexibility index (Phi) is 4.35. The first-order valence-electron chi connectivity index (χ1n) is 5.41. The van der Waals surface area contributed by atoms with E-state index in [1.165, 1.54) is 7.11 Å². The van der Waals surface area contributed by atoms with Crippen molar-refractivity contribution >= 4 is 5.97 Å². The van der Waals surface area contributed by atoms with Crippen LogP contribution in [0.1, 0.15) is 31.7 Å². The van der Waals surface area contributed by atoms with E-state index in [-0.39, 0.29) is 17.6 Å². The highest BCUT2D eigenvalue weighted by Crippen LogP contribution is 2.27. The Morgan fingerprint density at radius 3 is 2.62 bits per heavy atom. The van der Waals surface area contributed by atoms with E-state index in [0.29, 0.717) is 5.92 Å². The van der Waals surface area contributed by atoms with Crippen LogP contribution in [0.4, 0.5) is 0 Å². The average molecular weight is 222 g/mol. The summed E-state index contributed by atoms with van der Waals surface area (Å²) < 4.78 is 4.79. The summed E-state index contributed by atoms with van der Waals surface area (Å²) in [5.41, 5.74) is 0.806. The van der Waals surface area contributed by atoms with Gasteiger partial charge in [0.1, 0.15) is 5.75 Å². The first-order valence-corrected chi connectivity index (χ1v) is 5.41. The van der Waals surface area contributed by atoms with Gasteiger partial charge in [-0.15, -0.1) is 0 Å². The van der Waals surface area contributed by atoms with Crippen LogP contribution in [0.2, 0.25) is 0 Å². The minimum atomic E-state index is -0.294. The van der Waals surface area contributed by atoms with Crippen LogP contribution in [0, 0.1) is 5.92 Å². The monoisotopic (exact) mass is 222 g/mol. The first kappa shape index (κ1) is 12.6. The van der Waals surface area contributed by atoms with Gasteiger partial charge in [0.15, 0.2) is 0 Å². The summed E-state index contributed by atoms with van der Waals surface area (Å²) in [6, 6.07) is 6.78. The van der Waals surface area contributed by atoms with E-state index in [2.05, 4.69) is 13.8 Å². The maximum absolute atomic E-state index is 11.7. The van der Waals surface area contributed by atoms with Gasteiger partial charge in [-0.2, -0.15) is 0 Å². The van der Waals surface area contributed by atoms with Gasteiger partial charge in [-0.25, -0.2) is 0 Å². The van der Waals surface area contributed by atoms with Crippen molar-refractivity contribution in [3.63, 3.8) is 0 Å². The van der Waals surface area contributed by atoms with Crippen molar-refractivity contribution < 1.29 is 14.6 Å². The molecule has 0 aromatic heterocycles. The van der Waals surface area contributed by atoms with Crippen LogP contribution in [0.25, 0.3) is 0 Å². The van der Waals surface area contributed by atoms with Gasteiger partial charge in [-0.1, -0.05) is 26.0 Å². The molecule has 1 atom stereocenters. The third kappa shape index (κ3) is 3.26. The fraction of sp³-hybridized carbons (Fsp3) is 0.462. The van der Waals surface area contributed by atoms with Gasteiger partial charge in [0, 0.05) is 0 Å². The summed E-state index contributed by atoms with van der Waals surface area (Å²) in [4.78, 5) is 11.7. The SMILES string of the molecule is COC(=O)[C@H](CC(C)C)c1cccc(O)c1. The number of phenols is 1. The molecule has 3 heteroatoms. The predicted molar refractivity (Wildman–Crippen MR) is 62.3 cm³/mol. The number of ether oxygens (including phenoxy) is 1. The molecule has 1 aromatic rings. The Bertz CT molecular complexity index is 358. The standard InChI is InChI=1S/C13H18O3/c1-9(2)7-12(13(15)16-3)10-5-4-6-11(14)8-10/h4-6,8-9,12,14H,7H2,1-3H3/t12-/m1/s1. The lowest BCUT2D eigenvalue weighted by molar-refractivity contribution is -0.142. The molecule has 3 nitrogen and oxygen atoms in total. The minimum absolute atomic E-state index is 0.176. The number of carbonyl (C=O) groups is 1. The van der Waals surface area contributed by atoms with Gasteiger partial charge in [-0.3, -0.25) is 4.79 Å². The van der Waals surface area contributed by atoms with Crippen molar-refractivity contribution in [2.24, 2.45) is 5.92 Å². The van der Waals surface area contributed by atoms with Crippen molar-refractivity contribution in [1.82, 2.24) is 0 Å². The highest BCUT2D eigenvalue weighted by atomic mass is 16.5. The van der Waals surface area contributed by atoms with Crippen LogP contribution < -0.4 is 0 Å². The highest BCUT2D eigenvalue weighted by Gasteiger charge is 2.22. The molecule has 0 unspecified atom stereocenters. The molecule has 0 heterocycles. The zero-order valence-corrected chi connectivity index (χ0v) is 9.93. The average Bonchev–Trinajstić information content (AvgIpc) is 2.24. The molecular weight excluding hydrogens is 204 g/mol. The van der Waals surface area contributed by atoms with Gasteiger partial charge in [0.05, 0.1) is 13.0 Å². The summed E-state index contributed by atoms with van der Waals surface area (Å²) >= 11 is 0. The molecule has 1 aromatic carbocycles. The summed E-state index contributed by atoms with van der Waals surface area (Å²) in [5.74, 6) is 0.0259. The van der Waals surface area contributed by atoms with Crippen LogP contribution in [-0.2, 0) is 9.53 Å². The van der Waals surface area contributed by atoms with Crippen LogP contribution in [-0.4, -0.2) is 18.2 Å². The zero-order chi connectivity index (χ0) is 12.1. The van der Waals surface area contributed by atoms with Crippen molar-refractivity contribution in [1.29, 1.82) is 0 Å². The van der Waals surface area contributed by atoms with E-state index in [0.717, 1.165) is 12.0 Å². The van der Waals surface area contributed by atoms with E-state index in [4.69, 9.17) is 4.74 Å². The third-order valence-corrected chi connectivity index (χ3v) is 2.47. The molecule has 0 spiro atoms. The van der Waals surface area contributed by atoms with Gasteiger partial charge in [-0.05, 0) is 30.0 Å². The molecule has 0 fully saturated rings. The second kappa shape index (κ2) is 5.54. The molecule has 0 radical (unpaired) electrons. The molecule has 0 saturated carbocycles. The molecule has 88 valence electrons. The molecule has 0 bridgehead atoms. The van der Waals surface area contributed by atoms with E-state index in [1.807, 2.05) is 6.07 Å². The molecular formula is C13H18O3. The Morgan fingerprint density at radius 2 is 2.12 bits per heavy atom. The number of aromatic hydroxyl groups is 1. The molecule has 1 N–H and O–H groups in total. The smallest absolute Gasteiger partial charge is 0.313 e. The summed E-state index contributed by atoms with van der Waals surface area (Å²) in [7, 11) is 1.39. The zero-order valence-electron chi connectivity index (χ0n) is 9.93. The molecule has 1 rings (SSSR count). The summed E-state index contributed by atoms with van der Waals surface area (Å²) in [6.07, 6.45) is 0.718.